The van der Waals surface area contributed by atoms with Crippen LogP contribution in [0, 0.1) is 0 Å². The van der Waals surface area contributed by atoms with Crippen LogP contribution in [0.25, 0.3) is 6.08 Å². The highest BCUT2D eigenvalue weighted by Crippen LogP contribution is 2.61. The molecule has 0 aliphatic carbocycles. The minimum Gasteiger partial charge on any atom is -0.285 e. The van der Waals surface area contributed by atoms with Gasteiger partial charge in [-0.3, -0.25) is 14.5 Å². The number of pyridine rings is 1. The van der Waals surface area contributed by atoms with Gasteiger partial charge in [0.1, 0.15) is 16.4 Å². The third kappa shape index (κ3) is 3.83. The monoisotopic (exact) mass is 622 g/mol. The van der Waals surface area contributed by atoms with Crippen LogP contribution in [0.15, 0.2) is 109 Å². The van der Waals surface area contributed by atoms with Gasteiger partial charge >= 0.3 is 6.03 Å². The van der Waals surface area contributed by atoms with Crippen molar-refractivity contribution >= 4 is 63.1 Å². The van der Waals surface area contributed by atoms with Gasteiger partial charge in [-0.2, -0.15) is 0 Å². The third-order valence-electron chi connectivity index (χ3n) is 9.45. The van der Waals surface area contributed by atoms with Gasteiger partial charge in [0.25, 0.3) is 11.8 Å². The maximum absolute atomic E-state index is 14.1. The van der Waals surface area contributed by atoms with E-state index in [9.17, 15) is 14.4 Å². The molecule has 0 radical (unpaired) electrons. The number of nitrogens with zero attached hydrogens (tertiary/aromatic N) is 4. The molecule has 3 aromatic carbocycles. The van der Waals surface area contributed by atoms with E-state index in [0.717, 1.165) is 42.3 Å². The summed E-state index contributed by atoms with van der Waals surface area (Å²) in [5.41, 5.74) is 5.86. The molecule has 5 heterocycles. The van der Waals surface area contributed by atoms with E-state index in [-0.39, 0.29) is 16.4 Å². The molecule has 3 aliphatic heterocycles. The van der Waals surface area contributed by atoms with Gasteiger partial charge in [0.15, 0.2) is 0 Å². The minimum atomic E-state index is -0.710. The lowest BCUT2D eigenvalue weighted by Crippen LogP contribution is -2.57. The number of fused-ring (bicyclic) bond motifs is 4. The Bertz CT molecular complexity index is 2070. The zero-order valence-corrected chi connectivity index (χ0v) is 26.6. The molecule has 0 atom stereocenters. The predicted octanol–water partition coefficient (Wildman–Crippen LogP) is 8.47. The Morgan fingerprint density at radius 1 is 0.630 bits per heavy atom. The van der Waals surface area contributed by atoms with Gasteiger partial charge < -0.3 is 0 Å². The molecule has 1 fully saturated rings. The SMILES string of the molecule is CC1(C)c2cccnc2N2c3sc(C=C4C(=O)N(c5ccccc5)C(=O)N(c5ccccc5)C4=O)cc3C(C)(C)c3cccc1c32. The van der Waals surface area contributed by atoms with E-state index in [0.29, 0.717) is 11.4 Å². The van der Waals surface area contributed by atoms with Gasteiger partial charge in [-0.25, -0.2) is 19.6 Å². The molecule has 0 spiro atoms. The highest BCUT2D eigenvalue weighted by atomic mass is 32.1. The number of barbiturate groups is 1. The Morgan fingerprint density at radius 2 is 1.17 bits per heavy atom. The number of carbonyl (C=O) groups excluding carboxylic acids is 3. The highest BCUT2D eigenvalue weighted by Gasteiger charge is 2.48. The van der Waals surface area contributed by atoms with Crippen molar-refractivity contribution in [3.8, 4) is 0 Å². The first-order valence-electron chi connectivity index (χ1n) is 15.2. The number of amides is 4. The maximum atomic E-state index is 14.1. The van der Waals surface area contributed by atoms with Crippen molar-refractivity contribution in [2.45, 2.75) is 38.5 Å². The van der Waals surface area contributed by atoms with Crippen LogP contribution >= 0.6 is 11.3 Å². The lowest BCUT2D eigenvalue weighted by Gasteiger charge is -2.47. The number of para-hydroxylation sites is 3. The summed E-state index contributed by atoms with van der Waals surface area (Å²) >= 11 is 1.52. The molecule has 8 heteroatoms. The normalized spacial score (nSPS) is 17.4. The molecule has 7 nitrogen and oxygen atoms in total. The molecule has 0 unspecified atom stereocenters. The van der Waals surface area contributed by atoms with Crippen LogP contribution in [0.5, 0.6) is 0 Å². The number of benzene rings is 3. The molecule has 2 aromatic heterocycles. The molecule has 0 N–H and O–H groups in total. The molecule has 3 aliphatic rings. The summed E-state index contributed by atoms with van der Waals surface area (Å²) in [7, 11) is 0. The van der Waals surface area contributed by atoms with Crippen LogP contribution in [0.1, 0.15) is 54.8 Å². The Kier molecular flexibility index (Phi) is 6.02. The average Bonchev–Trinajstić information content (AvgIpc) is 3.49. The molecule has 8 rings (SSSR count). The van der Waals surface area contributed by atoms with Gasteiger partial charge in [0.05, 0.1) is 17.1 Å². The van der Waals surface area contributed by atoms with E-state index in [2.05, 4.69) is 62.9 Å². The van der Waals surface area contributed by atoms with E-state index in [1.165, 1.54) is 22.5 Å². The fourth-order valence-electron chi connectivity index (χ4n) is 7.02. The van der Waals surface area contributed by atoms with Gasteiger partial charge in [0, 0.05) is 27.5 Å². The van der Waals surface area contributed by atoms with Crippen LogP contribution in [0.4, 0.5) is 32.7 Å². The Labute approximate surface area is 271 Å². The summed E-state index contributed by atoms with van der Waals surface area (Å²) in [6, 6.07) is 29.4. The molecule has 4 amide bonds. The van der Waals surface area contributed by atoms with Crippen molar-refractivity contribution in [1.29, 1.82) is 0 Å². The molecule has 46 heavy (non-hydrogen) atoms. The van der Waals surface area contributed by atoms with Crippen LogP contribution in [0.3, 0.4) is 0 Å². The quantitative estimate of drug-likeness (QED) is 0.149. The van der Waals surface area contributed by atoms with Crippen LogP contribution in [-0.2, 0) is 20.4 Å². The topological polar surface area (TPSA) is 73.8 Å². The molecular formula is C38H30N4O3S. The molecular weight excluding hydrogens is 593 g/mol. The Morgan fingerprint density at radius 3 is 1.76 bits per heavy atom. The number of hydrogen-bond acceptors (Lipinski definition) is 6. The van der Waals surface area contributed by atoms with Gasteiger partial charge in [-0.05, 0) is 59.2 Å². The molecule has 0 bridgehead atoms. The number of hydrogen-bond donors (Lipinski definition) is 0. The van der Waals surface area contributed by atoms with Crippen LogP contribution < -0.4 is 14.7 Å². The van der Waals surface area contributed by atoms with Crippen LogP contribution in [-0.4, -0.2) is 22.8 Å². The summed E-state index contributed by atoms with van der Waals surface area (Å²) in [5.74, 6) is -0.432. The first-order valence-corrected chi connectivity index (χ1v) is 16.0. The van der Waals surface area contributed by atoms with Crippen molar-refractivity contribution in [2.75, 3.05) is 14.7 Å². The highest BCUT2D eigenvalue weighted by molar-refractivity contribution is 7.17. The van der Waals surface area contributed by atoms with Crippen molar-refractivity contribution in [3.05, 3.63) is 136 Å². The number of imide groups is 2. The van der Waals surface area contributed by atoms with Gasteiger partial charge in [-0.1, -0.05) is 88.4 Å². The lowest BCUT2D eigenvalue weighted by molar-refractivity contribution is -0.121. The first kappa shape index (κ1) is 28.2. The average molecular weight is 623 g/mol. The largest absolute Gasteiger partial charge is 0.343 e. The molecule has 226 valence electrons. The van der Waals surface area contributed by atoms with Gasteiger partial charge in [-0.15, -0.1) is 11.3 Å². The summed E-state index contributed by atoms with van der Waals surface area (Å²) in [6.45, 7) is 8.91. The summed E-state index contributed by atoms with van der Waals surface area (Å²) in [6.07, 6.45) is 3.46. The Hall–Kier alpha value is -5.34. The fourth-order valence-corrected chi connectivity index (χ4v) is 8.29. The summed E-state index contributed by atoms with van der Waals surface area (Å²) in [4.78, 5) is 51.9. The zero-order chi connectivity index (χ0) is 32.0. The number of thiophene rings is 1. The number of urea groups is 1. The Balaban J connectivity index is 1.32. The lowest BCUT2D eigenvalue weighted by atomic mass is 9.68. The second kappa shape index (κ2) is 9.83. The van der Waals surface area contributed by atoms with Crippen molar-refractivity contribution in [1.82, 2.24) is 4.98 Å². The minimum absolute atomic E-state index is 0.0831. The summed E-state index contributed by atoms with van der Waals surface area (Å²) in [5, 5.41) is 0.999. The van der Waals surface area contributed by atoms with E-state index < -0.39 is 17.8 Å². The number of rotatable bonds is 3. The number of anilines is 5. The molecule has 5 aromatic rings. The van der Waals surface area contributed by atoms with Crippen LogP contribution in [0.2, 0.25) is 0 Å². The fraction of sp³-hybridized carbons (Fsp3) is 0.158. The number of aromatic nitrogens is 1. The van der Waals surface area contributed by atoms with Crippen molar-refractivity contribution in [3.63, 3.8) is 0 Å². The maximum Gasteiger partial charge on any atom is 0.343 e. The van der Waals surface area contributed by atoms with E-state index in [4.69, 9.17) is 4.98 Å². The second-order valence-corrected chi connectivity index (χ2v) is 13.9. The summed E-state index contributed by atoms with van der Waals surface area (Å²) < 4.78 is 0. The van der Waals surface area contributed by atoms with E-state index in [1.54, 1.807) is 54.6 Å². The zero-order valence-electron chi connectivity index (χ0n) is 25.8. The standard InChI is InChI=1S/C38H30N4O3S/c1-37(2)27-17-11-18-28-31(27)42(32-29(37)19-12-20-39-32)35-30(38(28,3)4)22-25(46-35)21-26-33(43)40(23-13-7-5-8-14-23)36(45)41(34(26)44)24-15-9-6-10-16-24/h5-22H,1-4H3. The van der Waals surface area contributed by atoms with E-state index >= 15 is 0 Å². The smallest absolute Gasteiger partial charge is 0.285 e. The third-order valence-corrected chi connectivity index (χ3v) is 10.5. The first-order chi connectivity index (χ1) is 22.1. The van der Waals surface area contributed by atoms with Crippen molar-refractivity contribution < 1.29 is 14.4 Å². The van der Waals surface area contributed by atoms with E-state index in [1.807, 2.05) is 24.4 Å². The number of carbonyl (C=O) groups is 3. The molecule has 0 saturated carbocycles. The van der Waals surface area contributed by atoms with Crippen molar-refractivity contribution in [2.24, 2.45) is 0 Å². The molecule has 1 saturated heterocycles. The van der Waals surface area contributed by atoms with Gasteiger partial charge in [0.2, 0.25) is 0 Å². The second-order valence-electron chi connectivity index (χ2n) is 12.8. The predicted molar refractivity (Wildman–Crippen MR) is 182 cm³/mol.